The summed E-state index contributed by atoms with van der Waals surface area (Å²) in [5.74, 6) is 2.55. The molecule has 0 saturated carbocycles. The molecule has 0 fully saturated rings. The zero-order valence-electron chi connectivity index (χ0n) is 14.9. The normalized spacial score (nSPS) is 10.2. The molecule has 0 aliphatic heterocycles. The minimum absolute atomic E-state index is 0.512. The third kappa shape index (κ3) is 5.45. The first-order valence-electron chi connectivity index (χ1n) is 8.61. The van der Waals surface area contributed by atoms with Crippen LogP contribution in [-0.2, 0) is 6.54 Å². The second-order valence-corrected chi connectivity index (χ2v) is 5.74. The van der Waals surface area contributed by atoms with Crippen LogP contribution in [0.4, 0.5) is 5.69 Å². The molecule has 0 aliphatic rings. The van der Waals surface area contributed by atoms with Crippen LogP contribution in [0.5, 0.6) is 17.2 Å². The molecule has 0 aliphatic carbocycles. The Bertz CT molecular complexity index is 771. The Labute approximate surface area is 154 Å². The Morgan fingerprint density at radius 2 is 1.23 bits per heavy atom. The largest absolute Gasteiger partial charge is 0.497 e. The summed E-state index contributed by atoms with van der Waals surface area (Å²) in [6.45, 7) is 1.78. The molecule has 3 aromatic rings. The number of hydrogen-bond acceptors (Lipinski definition) is 4. The van der Waals surface area contributed by atoms with E-state index in [2.05, 4.69) is 17.4 Å². The Morgan fingerprint density at radius 3 is 1.85 bits per heavy atom. The van der Waals surface area contributed by atoms with Crippen LogP contribution < -0.4 is 19.5 Å². The predicted octanol–water partition coefficient (Wildman–Crippen LogP) is 4.77. The van der Waals surface area contributed by atoms with E-state index < -0.39 is 0 Å². The lowest BCUT2D eigenvalue weighted by Crippen LogP contribution is -2.09. The fourth-order valence-corrected chi connectivity index (χ4v) is 2.45. The zero-order chi connectivity index (χ0) is 18.0. The first-order chi connectivity index (χ1) is 12.8. The van der Waals surface area contributed by atoms with E-state index in [0.717, 1.165) is 29.5 Å². The molecule has 0 spiro atoms. The molecule has 4 nitrogen and oxygen atoms in total. The van der Waals surface area contributed by atoms with E-state index in [1.165, 1.54) is 5.56 Å². The van der Waals surface area contributed by atoms with Gasteiger partial charge < -0.3 is 19.5 Å². The van der Waals surface area contributed by atoms with Gasteiger partial charge in [-0.15, -0.1) is 0 Å². The third-order valence-electron chi connectivity index (χ3n) is 3.87. The molecule has 3 aromatic carbocycles. The quantitative estimate of drug-likeness (QED) is 0.565. The summed E-state index contributed by atoms with van der Waals surface area (Å²) >= 11 is 0. The van der Waals surface area contributed by atoms with Crippen molar-refractivity contribution < 1.29 is 14.2 Å². The van der Waals surface area contributed by atoms with E-state index in [0.29, 0.717) is 13.2 Å². The lowest BCUT2D eigenvalue weighted by Gasteiger charge is -2.10. The van der Waals surface area contributed by atoms with Crippen molar-refractivity contribution in [3.8, 4) is 17.2 Å². The van der Waals surface area contributed by atoms with Gasteiger partial charge in [-0.05, 0) is 54.1 Å². The molecule has 0 unspecified atom stereocenters. The minimum atomic E-state index is 0.512. The van der Waals surface area contributed by atoms with Crippen molar-refractivity contribution in [1.29, 1.82) is 0 Å². The van der Waals surface area contributed by atoms with Crippen LogP contribution in [0.3, 0.4) is 0 Å². The van der Waals surface area contributed by atoms with Crippen LogP contribution in [0, 0.1) is 0 Å². The van der Waals surface area contributed by atoms with Gasteiger partial charge >= 0.3 is 0 Å². The average Bonchev–Trinajstić information content (AvgIpc) is 2.72. The van der Waals surface area contributed by atoms with Crippen LogP contribution in [-0.4, -0.2) is 20.3 Å². The van der Waals surface area contributed by atoms with E-state index in [1.54, 1.807) is 7.11 Å². The Morgan fingerprint density at radius 1 is 0.654 bits per heavy atom. The second-order valence-electron chi connectivity index (χ2n) is 5.74. The van der Waals surface area contributed by atoms with Gasteiger partial charge in [0.25, 0.3) is 0 Å². The highest BCUT2D eigenvalue weighted by molar-refractivity contribution is 5.47. The number of para-hydroxylation sites is 1. The summed E-state index contributed by atoms with van der Waals surface area (Å²) in [6.07, 6.45) is 0. The monoisotopic (exact) mass is 349 g/mol. The predicted molar refractivity (Wildman–Crippen MR) is 104 cm³/mol. The molecular weight excluding hydrogens is 326 g/mol. The standard InChI is InChI=1S/C22H23NO3/c1-24-20-13-9-19(10-14-20)23-17-18-7-11-22(12-8-18)26-16-15-25-21-5-3-2-4-6-21/h2-14,23H,15-17H2,1H3. The number of ether oxygens (including phenoxy) is 3. The number of benzene rings is 3. The molecule has 1 N–H and O–H groups in total. The summed E-state index contributed by atoms with van der Waals surface area (Å²) in [7, 11) is 1.67. The highest BCUT2D eigenvalue weighted by Gasteiger charge is 1.98. The van der Waals surface area contributed by atoms with Crippen LogP contribution in [0.25, 0.3) is 0 Å². The summed E-state index contributed by atoms with van der Waals surface area (Å²) in [4.78, 5) is 0. The van der Waals surface area contributed by atoms with Gasteiger partial charge in [0.05, 0.1) is 7.11 Å². The molecule has 26 heavy (non-hydrogen) atoms. The third-order valence-corrected chi connectivity index (χ3v) is 3.87. The van der Waals surface area contributed by atoms with Crippen LogP contribution in [0.2, 0.25) is 0 Å². The van der Waals surface area contributed by atoms with Gasteiger partial charge in [-0.2, -0.15) is 0 Å². The Balaban J connectivity index is 1.40. The maximum atomic E-state index is 5.71. The number of methoxy groups -OCH3 is 1. The van der Waals surface area contributed by atoms with Gasteiger partial charge in [0, 0.05) is 12.2 Å². The zero-order valence-corrected chi connectivity index (χ0v) is 14.9. The molecule has 0 amide bonds. The highest BCUT2D eigenvalue weighted by Crippen LogP contribution is 2.17. The van der Waals surface area contributed by atoms with Gasteiger partial charge in [-0.25, -0.2) is 0 Å². The maximum absolute atomic E-state index is 5.71. The SMILES string of the molecule is COc1ccc(NCc2ccc(OCCOc3ccccc3)cc2)cc1. The van der Waals surface area contributed by atoms with Crippen molar-refractivity contribution in [2.75, 3.05) is 25.6 Å². The molecule has 0 saturated heterocycles. The van der Waals surface area contributed by atoms with E-state index in [-0.39, 0.29) is 0 Å². The molecule has 0 heterocycles. The molecule has 4 heteroatoms. The topological polar surface area (TPSA) is 39.7 Å². The van der Waals surface area contributed by atoms with E-state index in [9.17, 15) is 0 Å². The van der Waals surface area contributed by atoms with Crippen molar-refractivity contribution in [2.45, 2.75) is 6.54 Å². The molecule has 3 rings (SSSR count). The molecule has 0 aromatic heterocycles. The van der Waals surface area contributed by atoms with Crippen LogP contribution in [0.15, 0.2) is 78.9 Å². The number of rotatable bonds is 9. The van der Waals surface area contributed by atoms with E-state index >= 15 is 0 Å². The van der Waals surface area contributed by atoms with Gasteiger partial charge in [0.2, 0.25) is 0 Å². The summed E-state index contributed by atoms with van der Waals surface area (Å²) < 4.78 is 16.5. The number of hydrogen-bond donors (Lipinski definition) is 1. The average molecular weight is 349 g/mol. The number of anilines is 1. The van der Waals surface area contributed by atoms with Crippen molar-refractivity contribution in [2.24, 2.45) is 0 Å². The van der Waals surface area contributed by atoms with E-state index in [1.807, 2.05) is 66.7 Å². The maximum Gasteiger partial charge on any atom is 0.122 e. The summed E-state index contributed by atoms with van der Waals surface area (Å²) in [5, 5.41) is 3.39. The van der Waals surface area contributed by atoms with Gasteiger partial charge in [0.1, 0.15) is 30.5 Å². The van der Waals surface area contributed by atoms with Crippen LogP contribution >= 0.6 is 0 Å². The Hall–Kier alpha value is -3.14. The molecular formula is C22H23NO3. The lowest BCUT2D eigenvalue weighted by molar-refractivity contribution is 0.217. The van der Waals surface area contributed by atoms with Gasteiger partial charge in [-0.3, -0.25) is 0 Å². The first kappa shape index (κ1) is 17.7. The first-order valence-corrected chi connectivity index (χ1v) is 8.61. The van der Waals surface area contributed by atoms with Crippen molar-refractivity contribution in [3.05, 3.63) is 84.4 Å². The van der Waals surface area contributed by atoms with Gasteiger partial charge in [0.15, 0.2) is 0 Å². The lowest BCUT2D eigenvalue weighted by atomic mass is 10.2. The fraction of sp³-hybridized carbons (Fsp3) is 0.182. The van der Waals surface area contributed by atoms with Crippen molar-refractivity contribution in [1.82, 2.24) is 0 Å². The highest BCUT2D eigenvalue weighted by atomic mass is 16.5. The number of nitrogens with one attached hydrogen (secondary N) is 1. The van der Waals surface area contributed by atoms with Crippen LogP contribution in [0.1, 0.15) is 5.56 Å². The van der Waals surface area contributed by atoms with Crippen molar-refractivity contribution >= 4 is 5.69 Å². The Kier molecular flexibility index (Phi) is 6.37. The molecule has 0 radical (unpaired) electrons. The molecule has 0 atom stereocenters. The van der Waals surface area contributed by atoms with Gasteiger partial charge in [-0.1, -0.05) is 30.3 Å². The summed E-state index contributed by atoms with van der Waals surface area (Å²) in [6, 6.07) is 25.7. The van der Waals surface area contributed by atoms with E-state index in [4.69, 9.17) is 14.2 Å². The fourth-order valence-electron chi connectivity index (χ4n) is 2.45. The second kappa shape index (κ2) is 9.37. The molecule has 134 valence electrons. The summed E-state index contributed by atoms with van der Waals surface area (Å²) in [5.41, 5.74) is 2.25. The molecule has 0 bridgehead atoms. The van der Waals surface area contributed by atoms with Crippen molar-refractivity contribution in [3.63, 3.8) is 0 Å². The smallest absolute Gasteiger partial charge is 0.122 e. The minimum Gasteiger partial charge on any atom is -0.497 e.